The number of amides is 2. The highest BCUT2D eigenvalue weighted by atomic mass is 32.1. The van der Waals surface area contributed by atoms with Gasteiger partial charge in [-0.25, -0.2) is 0 Å². The van der Waals surface area contributed by atoms with Crippen LogP contribution in [0.2, 0.25) is 0 Å². The maximum Gasteiger partial charge on any atom is 0.265 e. The van der Waals surface area contributed by atoms with E-state index in [2.05, 4.69) is 10.6 Å². The van der Waals surface area contributed by atoms with E-state index >= 15 is 0 Å². The van der Waals surface area contributed by atoms with Gasteiger partial charge in [-0.15, -0.1) is 11.3 Å². The van der Waals surface area contributed by atoms with E-state index in [1.165, 1.54) is 17.4 Å². The summed E-state index contributed by atoms with van der Waals surface area (Å²) in [6.07, 6.45) is 0. The van der Waals surface area contributed by atoms with Crippen molar-refractivity contribution in [2.24, 2.45) is 0 Å². The Kier molecular flexibility index (Phi) is 4.81. The summed E-state index contributed by atoms with van der Waals surface area (Å²) in [4.78, 5) is 24.9. The van der Waals surface area contributed by atoms with Gasteiger partial charge < -0.3 is 15.7 Å². The molecule has 0 aliphatic rings. The van der Waals surface area contributed by atoms with Gasteiger partial charge in [0.25, 0.3) is 11.8 Å². The molecule has 0 saturated heterocycles. The Morgan fingerprint density at radius 3 is 2.36 bits per heavy atom. The zero-order chi connectivity index (χ0) is 17.8. The molecule has 0 aliphatic heterocycles. The van der Waals surface area contributed by atoms with Crippen molar-refractivity contribution in [2.45, 2.75) is 6.92 Å². The van der Waals surface area contributed by atoms with Crippen molar-refractivity contribution in [2.75, 3.05) is 10.6 Å². The maximum absolute atomic E-state index is 12.3. The van der Waals surface area contributed by atoms with Crippen LogP contribution in [-0.4, -0.2) is 16.9 Å². The first-order valence-electron chi connectivity index (χ1n) is 7.59. The number of rotatable bonds is 4. The van der Waals surface area contributed by atoms with Gasteiger partial charge in [-0.1, -0.05) is 6.07 Å². The van der Waals surface area contributed by atoms with Crippen LogP contribution in [-0.2, 0) is 0 Å². The molecule has 3 aromatic rings. The summed E-state index contributed by atoms with van der Waals surface area (Å²) in [5.41, 5.74) is 2.50. The van der Waals surface area contributed by atoms with Crippen LogP contribution in [0.3, 0.4) is 0 Å². The average molecular weight is 352 g/mol. The monoisotopic (exact) mass is 352 g/mol. The molecule has 0 radical (unpaired) electrons. The van der Waals surface area contributed by atoms with E-state index in [-0.39, 0.29) is 17.6 Å². The minimum Gasteiger partial charge on any atom is -0.508 e. The van der Waals surface area contributed by atoms with Gasteiger partial charge in [-0.2, -0.15) is 0 Å². The second kappa shape index (κ2) is 7.19. The van der Waals surface area contributed by atoms with Crippen LogP contribution in [0.15, 0.2) is 60.0 Å². The first-order valence-corrected chi connectivity index (χ1v) is 8.47. The molecule has 6 heteroatoms. The zero-order valence-electron chi connectivity index (χ0n) is 13.4. The number of benzene rings is 2. The van der Waals surface area contributed by atoms with E-state index in [1.54, 1.807) is 49.4 Å². The maximum atomic E-state index is 12.3. The Hall–Kier alpha value is -3.12. The number of thiophene rings is 1. The van der Waals surface area contributed by atoms with Crippen molar-refractivity contribution in [1.82, 2.24) is 0 Å². The lowest BCUT2D eigenvalue weighted by Gasteiger charge is -2.09. The fourth-order valence-electron chi connectivity index (χ4n) is 2.29. The summed E-state index contributed by atoms with van der Waals surface area (Å²) in [5.74, 6) is -0.279. The van der Waals surface area contributed by atoms with Gasteiger partial charge in [-0.3, -0.25) is 9.59 Å². The molecule has 2 aromatic carbocycles. The summed E-state index contributed by atoms with van der Waals surface area (Å²) in [6, 6.07) is 15.0. The number of aromatic hydroxyl groups is 1. The van der Waals surface area contributed by atoms with E-state index in [0.717, 1.165) is 5.56 Å². The van der Waals surface area contributed by atoms with Crippen molar-refractivity contribution in [3.63, 3.8) is 0 Å². The largest absolute Gasteiger partial charge is 0.508 e. The SMILES string of the molecule is Cc1cc(O)ccc1NC(=O)c1ccc(NC(=O)c2cccs2)cc1. The van der Waals surface area contributed by atoms with Crippen LogP contribution in [0.1, 0.15) is 25.6 Å². The van der Waals surface area contributed by atoms with Gasteiger partial charge in [0.1, 0.15) is 5.75 Å². The second-order valence-electron chi connectivity index (χ2n) is 5.46. The summed E-state index contributed by atoms with van der Waals surface area (Å²) in [6.45, 7) is 1.80. The molecule has 0 atom stereocenters. The molecular weight excluding hydrogens is 336 g/mol. The van der Waals surface area contributed by atoms with Gasteiger partial charge in [-0.05, 0) is 66.4 Å². The van der Waals surface area contributed by atoms with Crippen molar-refractivity contribution in [3.8, 4) is 5.75 Å². The average Bonchev–Trinajstić information content (AvgIpc) is 3.13. The lowest BCUT2D eigenvalue weighted by Crippen LogP contribution is -2.13. The number of aryl methyl sites for hydroxylation is 1. The molecule has 0 spiro atoms. The molecular formula is C19H16N2O3S. The predicted molar refractivity (Wildman–Crippen MR) is 99.5 cm³/mol. The lowest BCUT2D eigenvalue weighted by atomic mass is 10.1. The van der Waals surface area contributed by atoms with Crippen LogP contribution in [0, 0.1) is 6.92 Å². The number of hydrogen-bond donors (Lipinski definition) is 3. The van der Waals surface area contributed by atoms with Gasteiger partial charge in [0.2, 0.25) is 0 Å². The van der Waals surface area contributed by atoms with Gasteiger partial charge in [0.05, 0.1) is 4.88 Å². The smallest absolute Gasteiger partial charge is 0.265 e. The third kappa shape index (κ3) is 4.05. The predicted octanol–water partition coefficient (Wildman–Crippen LogP) is 4.27. The van der Waals surface area contributed by atoms with E-state index in [0.29, 0.717) is 21.8 Å². The number of carbonyl (C=O) groups excluding carboxylic acids is 2. The minimum absolute atomic E-state index is 0.154. The zero-order valence-corrected chi connectivity index (χ0v) is 14.3. The molecule has 5 nitrogen and oxygen atoms in total. The highest BCUT2D eigenvalue weighted by Gasteiger charge is 2.10. The van der Waals surface area contributed by atoms with Crippen LogP contribution in [0.5, 0.6) is 5.75 Å². The third-order valence-corrected chi connectivity index (χ3v) is 4.48. The Morgan fingerprint density at radius 1 is 0.960 bits per heavy atom. The molecule has 0 bridgehead atoms. The fourth-order valence-corrected chi connectivity index (χ4v) is 2.91. The van der Waals surface area contributed by atoms with E-state index < -0.39 is 0 Å². The summed E-state index contributed by atoms with van der Waals surface area (Å²) in [7, 11) is 0. The highest BCUT2D eigenvalue weighted by Crippen LogP contribution is 2.21. The number of nitrogens with one attached hydrogen (secondary N) is 2. The topological polar surface area (TPSA) is 78.4 Å². The molecule has 3 N–H and O–H groups in total. The number of phenols is 1. The fraction of sp³-hybridized carbons (Fsp3) is 0.0526. The molecule has 0 unspecified atom stereocenters. The van der Waals surface area contributed by atoms with Crippen LogP contribution < -0.4 is 10.6 Å². The first kappa shape index (κ1) is 16.7. The number of hydrogen-bond acceptors (Lipinski definition) is 4. The normalized spacial score (nSPS) is 10.3. The van der Waals surface area contributed by atoms with Gasteiger partial charge in [0, 0.05) is 16.9 Å². The first-order chi connectivity index (χ1) is 12.0. The molecule has 1 aromatic heterocycles. The van der Waals surface area contributed by atoms with Gasteiger partial charge >= 0.3 is 0 Å². The van der Waals surface area contributed by atoms with Gasteiger partial charge in [0.15, 0.2) is 0 Å². The standard InChI is InChI=1S/C19H16N2O3S/c1-12-11-15(22)8-9-16(12)21-18(23)13-4-6-14(7-5-13)20-19(24)17-3-2-10-25-17/h2-11,22H,1H3,(H,20,24)(H,21,23). The molecule has 0 fully saturated rings. The van der Waals surface area contributed by atoms with Crippen molar-refractivity contribution in [1.29, 1.82) is 0 Å². The molecule has 126 valence electrons. The molecule has 0 aliphatic carbocycles. The molecule has 0 saturated carbocycles. The Morgan fingerprint density at radius 2 is 1.72 bits per heavy atom. The third-order valence-electron chi connectivity index (χ3n) is 3.61. The summed E-state index contributed by atoms with van der Waals surface area (Å²) >= 11 is 1.37. The molecule has 1 heterocycles. The quantitative estimate of drug-likeness (QED) is 0.614. The molecule has 2 amide bonds. The summed E-state index contributed by atoms with van der Waals surface area (Å²) in [5, 5.41) is 16.8. The van der Waals surface area contributed by atoms with Crippen molar-refractivity contribution in [3.05, 3.63) is 76.0 Å². The minimum atomic E-state index is -0.259. The van der Waals surface area contributed by atoms with Crippen LogP contribution in [0.25, 0.3) is 0 Å². The van der Waals surface area contributed by atoms with E-state index in [9.17, 15) is 14.7 Å². The van der Waals surface area contributed by atoms with Crippen LogP contribution in [0.4, 0.5) is 11.4 Å². The number of carbonyl (C=O) groups is 2. The van der Waals surface area contributed by atoms with Crippen molar-refractivity contribution < 1.29 is 14.7 Å². The lowest BCUT2D eigenvalue weighted by molar-refractivity contribution is 0.102. The Labute approximate surface area is 148 Å². The second-order valence-corrected chi connectivity index (χ2v) is 6.41. The molecule has 3 rings (SSSR count). The van der Waals surface area contributed by atoms with Crippen molar-refractivity contribution >= 4 is 34.5 Å². The highest BCUT2D eigenvalue weighted by molar-refractivity contribution is 7.12. The summed E-state index contributed by atoms with van der Waals surface area (Å²) < 4.78 is 0. The Balaban J connectivity index is 1.67. The van der Waals surface area contributed by atoms with E-state index in [1.807, 2.05) is 11.4 Å². The Bertz CT molecular complexity index is 903. The molecule has 25 heavy (non-hydrogen) atoms. The number of anilines is 2. The number of phenolic OH excluding ortho intramolecular Hbond substituents is 1. The van der Waals surface area contributed by atoms with Crippen LogP contribution >= 0.6 is 11.3 Å². The van der Waals surface area contributed by atoms with E-state index in [4.69, 9.17) is 0 Å².